The van der Waals surface area contributed by atoms with Gasteiger partial charge in [-0.25, -0.2) is 10.2 Å². The van der Waals surface area contributed by atoms with Crippen molar-refractivity contribution in [3.63, 3.8) is 0 Å². The SMILES string of the molecule is COc1nc(NN)nc(Oc2ccc(F)cc2C)n1. The van der Waals surface area contributed by atoms with Crippen LogP contribution in [0.15, 0.2) is 18.2 Å². The lowest BCUT2D eigenvalue weighted by molar-refractivity contribution is 0.359. The van der Waals surface area contributed by atoms with Crippen molar-refractivity contribution in [1.29, 1.82) is 0 Å². The van der Waals surface area contributed by atoms with E-state index in [4.69, 9.17) is 15.3 Å². The molecule has 0 radical (unpaired) electrons. The zero-order chi connectivity index (χ0) is 13.8. The second-order valence-electron chi connectivity index (χ2n) is 3.58. The van der Waals surface area contributed by atoms with Gasteiger partial charge in [-0.05, 0) is 30.7 Å². The first-order chi connectivity index (χ1) is 9.12. The third kappa shape index (κ3) is 3.05. The number of benzene rings is 1. The maximum atomic E-state index is 13.0. The van der Waals surface area contributed by atoms with Gasteiger partial charge in [0.15, 0.2) is 0 Å². The van der Waals surface area contributed by atoms with E-state index >= 15 is 0 Å². The van der Waals surface area contributed by atoms with Gasteiger partial charge < -0.3 is 9.47 Å². The van der Waals surface area contributed by atoms with Gasteiger partial charge >= 0.3 is 12.0 Å². The molecule has 0 amide bonds. The molecular weight excluding hydrogens is 253 g/mol. The van der Waals surface area contributed by atoms with Crippen LogP contribution in [0.2, 0.25) is 0 Å². The minimum absolute atomic E-state index is 0.00509. The van der Waals surface area contributed by atoms with E-state index in [9.17, 15) is 4.39 Å². The van der Waals surface area contributed by atoms with Crippen molar-refractivity contribution in [2.75, 3.05) is 12.5 Å². The highest BCUT2D eigenvalue weighted by atomic mass is 19.1. The van der Waals surface area contributed by atoms with E-state index in [2.05, 4.69) is 20.4 Å². The lowest BCUT2D eigenvalue weighted by atomic mass is 10.2. The number of aromatic nitrogens is 3. The van der Waals surface area contributed by atoms with Crippen molar-refractivity contribution in [3.05, 3.63) is 29.6 Å². The number of rotatable bonds is 4. The summed E-state index contributed by atoms with van der Waals surface area (Å²) in [4.78, 5) is 11.6. The fourth-order valence-corrected chi connectivity index (χ4v) is 1.37. The lowest BCUT2D eigenvalue weighted by Crippen LogP contribution is -2.12. The van der Waals surface area contributed by atoms with E-state index in [1.54, 1.807) is 6.92 Å². The first-order valence-corrected chi connectivity index (χ1v) is 5.33. The summed E-state index contributed by atoms with van der Waals surface area (Å²) >= 11 is 0. The van der Waals surface area contributed by atoms with Gasteiger partial charge in [-0.15, -0.1) is 4.98 Å². The molecule has 0 aliphatic rings. The number of halogens is 1. The Bertz CT molecular complexity index is 571. The van der Waals surface area contributed by atoms with Crippen molar-refractivity contribution in [2.24, 2.45) is 5.84 Å². The van der Waals surface area contributed by atoms with E-state index in [1.807, 2.05) is 0 Å². The number of nitrogens with two attached hydrogens (primary N) is 1. The molecule has 3 N–H and O–H groups in total. The van der Waals surface area contributed by atoms with Crippen LogP contribution in [0.25, 0.3) is 0 Å². The number of nitrogens with one attached hydrogen (secondary N) is 1. The van der Waals surface area contributed by atoms with Crippen LogP contribution in [0.1, 0.15) is 5.56 Å². The Morgan fingerprint density at radius 2 is 1.95 bits per heavy atom. The molecule has 0 aliphatic heterocycles. The minimum Gasteiger partial charge on any atom is -0.467 e. The normalized spacial score (nSPS) is 10.1. The first kappa shape index (κ1) is 13.0. The van der Waals surface area contributed by atoms with E-state index in [0.717, 1.165) is 0 Å². The van der Waals surface area contributed by atoms with Crippen LogP contribution in [0.5, 0.6) is 17.8 Å². The Morgan fingerprint density at radius 1 is 1.21 bits per heavy atom. The summed E-state index contributed by atoms with van der Waals surface area (Å²) in [7, 11) is 1.41. The monoisotopic (exact) mass is 265 g/mol. The summed E-state index contributed by atoms with van der Waals surface area (Å²) < 4.78 is 23.3. The van der Waals surface area contributed by atoms with Crippen molar-refractivity contribution in [3.8, 4) is 17.8 Å². The van der Waals surface area contributed by atoms with Gasteiger partial charge in [0.05, 0.1) is 7.11 Å². The Labute approximate surface area is 108 Å². The van der Waals surface area contributed by atoms with Crippen molar-refractivity contribution >= 4 is 5.95 Å². The minimum atomic E-state index is -0.345. The molecule has 7 nitrogen and oxygen atoms in total. The first-order valence-electron chi connectivity index (χ1n) is 5.33. The molecule has 1 heterocycles. The maximum Gasteiger partial charge on any atom is 0.330 e. The number of anilines is 1. The predicted octanol–water partition coefficient (Wildman–Crippen LogP) is 1.41. The molecule has 2 rings (SSSR count). The van der Waals surface area contributed by atoms with Crippen LogP contribution in [-0.2, 0) is 0 Å². The van der Waals surface area contributed by atoms with Gasteiger partial charge in [0.1, 0.15) is 11.6 Å². The molecule has 0 atom stereocenters. The smallest absolute Gasteiger partial charge is 0.330 e. The van der Waals surface area contributed by atoms with E-state index in [-0.39, 0.29) is 23.8 Å². The molecule has 0 spiro atoms. The molecule has 0 bridgehead atoms. The summed E-state index contributed by atoms with van der Waals surface area (Å²) in [6.45, 7) is 1.71. The molecular formula is C11H12FN5O2. The highest BCUT2D eigenvalue weighted by molar-refractivity contribution is 5.35. The molecule has 2 aromatic rings. The highest BCUT2D eigenvalue weighted by Gasteiger charge is 2.10. The van der Waals surface area contributed by atoms with E-state index < -0.39 is 0 Å². The molecule has 0 fully saturated rings. The molecule has 100 valence electrons. The average molecular weight is 265 g/mol. The highest BCUT2D eigenvalue weighted by Crippen LogP contribution is 2.24. The largest absolute Gasteiger partial charge is 0.467 e. The number of nitrogen functional groups attached to an aromatic ring is 1. The standard InChI is InChI=1S/C11H12FN5O2/c1-6-5-7(12)3-4-8(6)19-11-15-9(17-13)14-10(16-11)18-2/h3-5H,13H2,1-2H3,(H,14,15,16,17). The second-order valence-corrected chi connectivity index (χ2v) is 3.58. The van der Waals surface area contributed by atoms with Crippen LogP contribution in [0.3, 0.4) is 0 Å². The Hall–Kier alpha value is -2.48. The molecule has 1 aromatic carbocycles. The van der Waals surface area contributed by atoms with Crippen molar-refractivity contribution in [1.82, 2.24) is 15.0 Å². The van der Waals surface area contributed by atoms with Gasteiger partial charge in [0.2, 0.25) is 5.95 Å². The summed E-state index contributed by atoms with van der Waals surface area (Å²) in [6, 6.07) is 4.15. The molecule has 0 saturated heterocycles. The molecule has 19 heavy (non-hydrogen) atoms. The third-order valence-corrected chi connectivity index (χ3v) is 2.24. The van der Waals surface area contributed by atoms with Crippen LogP contribution < -0.4 is 20.7 Å². The second kappa shape index (κ2) is 5.44. The number of ether oxygens (including phenoxy) is 2. The van der Waals surface area contributed by atoms with Crippen LogP contribution in [-0.4, -0.2) is 22.1 Å². The lowest BCUT2D eigenvalue weighted by Gasteiger charge is -2.08. The predicted molar refractivity (Wildman–Crippen MR) is 65.4 cm³/mol. The van der Waals surface area contributed by atoms with Crippen LogP contribution in [0.4, 0.5) is 10.3 Å². The van der Waals surface area contributed by atoms with E-state index in [1.165, 1.54) is 25.3 Å². The summed E-state index contributed by atoms with van der Waals surface area (Å²) in [6.07, 6.45) is 0. The third-order valence-electron chi connectivity index (χ3n) is 2.24. The van der Waals surface area contributed by atoms with Gasteiger partial charge in [0.25, 0.3) is 0 Å². The van der Waals surface area contributed by atoms with Crippen LogP contribution in [0, 0.1) is 12.7 Å². The van der Waals surface area contributed by atoms with Gasteiger partial charge in [-0.2, -0.15) is 9.97 Å². The fourth-order valence-electron chi connectivity index (χ4n) is 1.37. The number of hydrogen-bond acceptors (Lipinski definition) is 7. The average Bonchev–Trinajstić information content (AvgIpc) is 2.41. The molecule has 1 aromatic heterocycles. The Balaban J connectivity index is 2.31. The number of hydrazine groups is 1. The van der Waals surface area contributed by atoms with Crippen molar-refractivity contribution < 1.29 is 13.9 Å². The summed E-state index contributed by atoms with van der Waals surface area (Å²) in [5.74, 6) is 5.40. The molecule has 0 aliphatic carbocycles. The topological polar surface area (TPSA) is 95.2 Å². The zero-order valence-corrected chi connectivity index (χ0v) is 10.3. The van der Waals surface area contributed by atoms with Gasteiger partial charge in [-0.1, -0.05) is 0 Å². The molecule has 0 unspecified atom stereocenters. The number of methoxy groups -OCH3 is 1. The van der Waals surface area contributed by atoms with E-state index in [0.29, 0.717) is 11.3 Å². The number of aryl methyl sites for hydroxylation is 1. The van der Waals surface area contributed by atoms with Crippen molar-refractivity contribution in [2.45, 2.75) is 6.92 Å². The Kier molecular flexibility index (Phi) is 3.71. The summed E-state index contributed by atoms with van der Waals surface area (Å²) in [5.41, 5.74) is 2.88. The van der Waals surface area contributed by atoms with Gasteiger partial charge in [0, 0.05) is 0 Å². The van der Waals surface area contributed by atoms with Crippen LogP contribution >= 0.6 is 0 Å². The quantitative estimate of drug-likeness (QED) is 0.637. The number of hydrogen-bond donors (Lipinski definition) is 2. The summed E-state index contributed by atoms with van der Waals surface area (Å²) in [5, 5.41) is 0. The fraction of sp³-hybridized carbons (Fsp3) is 0.182. The zero-order valence-electron chi connectivity index (χ0n) is 10.3. The van der Waals surface area contributed by atoms with Gasteiger partial charge in [-0.3, -0.25) is 5.43 Å². The molecule has 0 saturated carbocycles. The number of nitrogens with zero attached hydrogens (tertiary/aromatic N) is 3. The molecule has 8 heteroatoms. The Morgan fingerprint density at radius 3 is 2.58 bits per heavy atom. The maximum absolute atomic E-state index is 13.0.